The van der Waals surface area contributed by atoms with E-state index in [-0.39, 0.29) is 11.4 Å². The zero-order valence-electron chi connectivity index (χ0n) is 10.2. The highest BCUT2D eigenvalue weighted by Gasteiger charge is 2.15. The third-order valence-corrected chi connectivity index (χ3v) is 2.47. The molecule has 0 bridgehead atoms. The van der Waals surface area contributed by atoms with Crippen molar-refractivity contribution >= 4 is 0 Å². The van der Waals surface area contributed by atoms with E-state index in [1.54, 1.807) is 26.4 Å². The third kappa shape index (κ3) is 2.47. The largest absolute Gasteiger partial charge is 0.383 e. The maximum Gasteiger partial charge on any atom is 0.258 e. The molecule has 0 aliphatic rings. The molecule has 7 nitrogen and oxygen atoms in total. The SMILES string of the molecule is COCC(N)c1noc(-c2ccn(C)c(=O)c2)n1. The van der Waals surface area contributed by atoms with E-state index >= 15 is 0 Å². The first kappa shape index (κ1) is 12.5. The summed E-state index contributed by atoms with van der Waals surface area (Å²) in [6, 6.07) is 2.71. The minimum absolute atomic E-state index is 0.145. The first-order valence-corrected chi connectivity index (χ1v) is 5.37. The quantitative estimate of drug-likeness (QED) is 0.825. The van der Waals surface area contributed by atoms with Gasteiger partial charge < -0.3 is 19.6 Å². The van der Waals surface area contributed by atoms with E-state index in [0.29, 0.717) is 18.0 Å². The van der Waals surface area contributed by atoms with Gasteiger partial charge in [0.15, 0.2) is 5.82 Å². The molecular weight excluding hydrogens is 236 g/mol. The van der Waals surface area contributed by atoms with Gasteiger partial charge in [-0.3, -0.25) is 4.79 Å². The number of rotatable bonds is 4. The van der Waals surface area contributed by atoms with Gasteiger partial charge in [-0.1, -0.05) is 5.16 Å². The summed E-state index contributed by atoms with van der Waals surface area (Å²) >= 11 is 0. The van der Waals surface area contributed by atoms with Crippen LogP contribution in [0.15, 0.2) is 27.6 Å². The van der Waals surface area contributed by atoms with Crippen LogP contribution in [0.4, 0.5) is 0 Å². The van der Waals surface area contributed by atoms with Crippen LogP contribution in [0.3, 0.4) is 0 Å². The van der Waals surface area contributed by atoms with Gasteiger partial charge >= 0.3 is 0 Å². The Morgan fingerprint density at radius 3 is 3.06 bits per heavy atom. The summed E-state index contributed by atoms with van der Waals surface area (Å²) in [5.41, 5.74) is 6.20. The number of aromatic nitrogens is 3. The van der Waals surface area contributed by atoms with Gasteiger partial charge in [0.2, 0.25) is 0 Å². The van der Waals surface area contributed by atoms with Gasteiger partial charge in [-0.05, 0) is 6.07 Å². The van der Waals surface area contributed by atoms with Crippen LogP contribution in [-0.4, -0.2) is 28.4 Å². The van der Waals surface area contributed by atoms with Crippen molar-refractivity contribution in [3.8, 4) is 11.5 Å². The highest BCUT2D eigenvalue weighted by atomic mass is 16.5. The van der Waals surface area contributed by atoms with E-state index in [9.17, 15) is 4.79 Å². The molecule has 0 aromatic carbocycles. The van der Waals surface area contributed by atoms with Gasteiger partial charge in [-0.25, -0.2) is 0 Å². The molecule has 0 aliphatic carbocycles. The number of nitrogens with zero attached hydrogens (tertiary/aromatic N) is 3. The smallest absolute Gasteiger partial charge is 0.258 e. The van der Waals surface area contributed by atoms with Crippen molar-refractivity contribution in [2.24, 2.45) is 12.8 Å². The highest BCUT2D eigenvalue weighted by Crippen LogP contribution is 2.16. The van der Waals surface area contributed by atoms with Gasteiger partial charge in [0.05, 0.1) is 12.6 Å². The van der Waals surface area contributed by atoms with Crippen molar-refractivity contribution in [2.45, 2.75) is 6.04 Å². The van der Waals surface area contributed by atoms with E-state index < -0.39 is 6.04 Å². The van der Waals surface area contributed by atoms with Gasteiger partial charge in [0, 0.05) is 32.0 Å². The molecule has 1 unspecified atom stereocenters. The molecule has 18 heavy (non-hydrogen) atoms. The number of ether oxygens (including phenoxy) is 1. The summed E-state index contributed by atoms with van der Waals surface area (Å²) in [5.74, 6) is 0.627. The van der Waals surface area contributed by atoms with Crippen LogP contribution in [0.25, 0.3) is 11.5 Å². The second-order valence-corrected chi connectivity index (χ2v) is 3.88. The Morgan fingerprint density at radius 1 is 1.61 bits per heavy atom. The van der Waals surface area contributed by atoms with Crippen molar-refractivity contribution in [2.75, 3.05) is 13.7 Å². The van der Waals surface area contributed by atoms with E-state index in [0.717, 1.165) is 0 Å². The average Bonchev–Trinajstić information content (AvgIpc) is 2.82. The molecule has 7 heteroatoms. The molecule has 0 spiro atoms. The Balaban J connectivity index is 2.29. The Kier molecular flexibility index (Phi) is 3.54. The van der Waals surface area contributed by atoms with E-state index in [2.05, 4.69) is 10.1 Å². The monoisotopic (exact) mass is 250 g/mol. The summed E-state index contributed by atoms with van der Waals surface area (Å²) in [6.07, 6.45) is 1.64. The number of methoxy groups -OCH3 is 1. The van der Waals surface area contributed by atoms with E-state index in [1.165, 1.54) is 10.6 Å². The van der Waals surface area contributed by atoms with Crippen LogP contribution < -0.4 is 11.3 Å². The van der Waals surface area contributed by atoms with Crippen molar-refractivity contribution in [1.29, 1.82) is 0 Å². The molecule has 2 aromatic heterocycles. The minimum atomic E-state index is -0.445. The standard InChI is InChI=1S/C11H14N4O3/c1-15-4-3-7(5-9(15)16)11-13-10(14-18-11)8(12)6-17-2/h3-5,8H,6,12H2,1-2H3. The normalized spacial score (nSPS) is 12.6. The van der Waals surface area contributed by atoms with Crippen molar-refractivity contribution < 1.29 is 9.26 Å². The molecule has 2 aromatic rings. The maximum absolute atomic E-state index is 11.5. The number of hydrogen-bond donors (Lipinski definition) is 1. The summed E-state index contributed by atoms with van der Waals surface area (Å²) in [6.45, 7) is 0.301. The highest BCUT2D eigenvalue weighted by molar-refractivity contribution is 5.51. The van der Waals surface area contributed by atoms with Crippen LogP contribution >= 0.6 is 0 Å². The van der Waals surface area contributed by atoms with Crippen molar-refractivity contribution in [3.63, 3.8) is 0 Å². The summed E-state index contributed by atoms with van der Waals surface area (Å²) in [7, 11) is 3.21. The molecule has 1 atom stereocenters. The lowest BCUT2D eigenvalue weighted by atomic mass is 10.2. The fraction of sp³-hybridized carbons (Fsp3) is 0.364. The zero-order chi connectivity index (χ0) is 13.1. The molecule has 0 amide bonds. The van der Waals surface area contributed by atoms with Crippen LogP contribution in [0.5, 0.6) is 0 Å². The second kappa shape index (κ2) is 5.11. The summed E-state index contributed by atoms with van der Waals surface area (Å²) in [4.78, 5) is 15.6. The Labute approximate surface area is 103 Å². The average molecular weight is 250 g/mol. The first-order chi connectivity index (χ1) is 8.61. The molecule has 2 rings (SSSR count). The Hall–Kier alpha value is -1.99. The number of aryl methyl sites for hydroxylation is 1. The predicted octanol–water partition coefficient (Wildman–Crippen LogP) is 0.0815. The molecule has 0 saturated heterocycles. The number of nitrogens with two attached hydrogens (primary N) is 1. The molecule has 0 fully saturated rings. The fourth-order valence-electron chi connectivity index (χ4n) is 1.44. The first-order valence-electron chi connectivity index (χ1n) is 5.37. The van der Waals surface area contributed by atoms with Crippen molar-refractivity contribution in [1.82, 2.24) is 14.7 Å². The molecule has 2 N–H and O–H groups in total. The van der Waals surface area contributed by atoms with E-state index in [4.69, 9.17) is 15.0 Å². The number of hydrogen-bond acceptors (Lipinski definition) is 6. The topological polar surface area (TPSA) is 96.2 Å². The maximum atomic E-state index is 11.5. The predicted molar refractivity (Wildman–Crippen MR) is 63.8 cm³/mol. The Morgan fingerprint density at radius 2 is 2.39 bits per heavy atom. The second-order valence-electron chi connectivity index (χ2n) is 3.88. The van der Waals surface area contributed by atoms with Crippen molar-refractivity contribution in [3.05, 3.63) is 34.5 Å². The lowest BCUT2D eigenvalue weighted by Crippen LogP contribution is -2.17. The lowest BCUT2D eigenvalue weighted by Gasteiger charge is -2.03. The van der Waals surface area contributed by atoms with Gasteiger partial charge in [0.25, 0.3) is 11.4 Å². The summed E-state index contributed by atoms with van der Waals surface area (Å²) in [5, 5.41) is 3.76. The van der Waals surface area contributed by atoms with E-state index in [1.807, 2.05) is 0 Å². The van der Waals surface area contributed by atoms with Gasteiger partial charge in [0.1, 0.15) is 0 Å². The van der Waals surface area contributed by atoms with Gasteiger partial charge in [-0.15, -0.1) is 0 Å². The summed E-state index contributed by atoms with van der Waals surface area (Å²) < 4.78 is 11.4. The fourth-order valence-corrected chi connectivity index (χ4v) is 1.44. The van der Waals surface area contributed by atoms with Crippen LogP contribution in [0.1, 0.15) is 11.9 Å². The minimum Gasteiger partial charge on any atom is -0.383 e. The van der Waals surface area contributed by atoms with Crippen LogP contribution in [0, 0.1) is 0 Å². The molecular formula is C11H14N4O3. The molecule has 0 aliphatic heterocycles. The molecule has 96 valence electrons. The van der Waals surface area contributed by atoms with Crippen LogP contribution in [0.2, 0.25) is 0 Å². The molecule has 0 radical (unpaired) electrons. The number of pyridine rings is 1. The molecule has 2 heterocycles. The lowest BCUT2D eigenvalue weighted by molar-refractivity contribution is 0.177. The zero-order valence-corrected chi connectivity index (χ0v) is 10.2. The molecule has 0 saturated carbocycles. The van der Waals surface area contributed by atoms with Crippen LogP contribution in [-0.2, 0) is 11.8 Å². The Bertz CT molecular complexity index is 590. The third-order valence-electron chi connectivity index (χ3n) is 2.47. The van der Waals surface area contributed by atoms with Gasteiger partial charge in [-0.2, -0.15) is 4.98 Å².